The summed E-state index contributed by atoms with van der Waals surface area (Å²) in [6.45, 7) is 2.01. The van der Waals surface area contributed by atoms with Crippen molar-refractivity contribution in [3.63, 3.8) is 0 Å². The molecule has 4 rings (SSSR count). The van der Waals surface area contributed by atoms with Gasteiger partial charge in [0.05, 0.1) is 35.8 Å². The molecule has 6 nitrogen and oxygen atoms in total. The van der Waals surface area contributed by atoms with E-state index in [2.05, 4.69) is 15.5 Å². The van der Waals surface area contributed by atoms with Crippen molar-refractivity contribution in [3.05, 3.63) is 81.2 Å². The molecule has 2 aromatic carbocycles. The molecular weight excluding hydrogens is 410 g/mol. The number of benzene rings is 2. The second kappa shape index (κ2) is 8.97. The molecule has 2 heterocycles. The SMILES string of the molecule is COc1c(C(=O)NCc2cccs2)ccc2n[nH]c(/C=C/c3ccc(C(C)=O)cc3)c12. The Balaban J connectivity index is 1.63. The Morgan fingerprint density at radius 1 is 1.13 bits per heavy atom. The molecular formula is C24H21N3O3S. The highest BCUT2D eigenvalue weighted by molar-refractivity contribution is 7.09. The van der Waals surface area contributed by atoms with Crippen molar-refractivity contribution >= 4 is 46.1 Å². The number of rotatable bonds is 7. The zero-order chi connectivity index (χ0) is 21.8. The van der Waals surface area contributed by atoms with E-state index < -0.39 is 0 Å². The molecule has 2 N–H and O–H groups in total. The number of ether oxygens (including phenoxy) is 1. The minimum absolute atomic E-state index is 0.0321. The van der Waals surface area contributed by atoms with E-state index >= 15 is 0 Å². The van der Waals surface area contributed by atoms with Crippen LogP contribution in [-0.2, 0) is 6.54 Å². The maximum atomic E-state index is 12.8. The predicted molar refractivity (Wildman–Crippen MR) is 124 cm³/mol. The van der Waals surface area contributed by atoms with E-state index in [1.54, 1.807) is 49.6 Å². The summed E-state index contributed by atoms with van der Waals surface area (Å²) in [5.41, 5.74) is 3.50. The first-order valence-electron chi connectivity index (χ1n) is 9.71. The smallest absolute Gasteiger partial charge is 0.255 e. The Kier molecular flexibility index (Phi) is 5.95. The van der Waals surface area contributed by atoms with E-state index in [0.717, 1.165) is 21.5 Å². The quantitative estimate of drug-likeness (QED) is 0.406. The highest BCUT2D eigenvalue weighted by atomic mass is 32.1. The first kappa shape index (κ1) is 20.6. The molecule has 0 spiro atoms. The van der Waals surface area contributed by atoms with Crippen molar-refractivity contribution in [2.45, 2.75) is 13.5 Å². The standard InChI is InChI=1S/C24H21N3O3S/c1-15(28)17-8-5-16(6-9-17)7-11-20-22-21(27-26-20)12-10-19(23(22)30-2)24(29)25-14-18-4-3-13-31-18/h3-13H,14H2,1-2H3,(H,25,29)(H,26,27)/b11-7+. The molecule has 2 aromatic heterocycles. The van der Waals surface area contributed by atoms with Crippen LogP contribution in [0.15, 0.2) is 53.9 Å². The number of thiophene rings is 1. The lowest BCUT2D eigenvalue weighted by atomic mass is 10.1. The number of Topliss-reactive ketones (excluding diaryl/α,β-unsaturated/α-hetero) is 1. The summed E-state index contributed by atoms with van der Waals surface area (Å²) in [6, 6.07) is 14.8. The van der Waals surface area contributed by atoms with Gasteiger partial charge in [-0.2, -0.15) is 5.10 Å². The van der Waals surface area contributed by atoms with Gasteiger partial charge in [-0.1, -0.05) is 36.4 Å². The highest BCUT2D eigenvalue weighted by Crippen LogP contribution is 2.32. The van der Waals surface area contributed by atoms with Crippen LogP contribution in [0.25, 0.3) is 23.1 Å². The maximum absolute atomic E-state index is 12.8. The molecule has 0 atom stereocenters. The largest absolute Gasteiger partial charge is 0.495 e. The molecule has 0 aliphatic carbocycles. The van der Waals surface area contributed by atoms with Gasteiger partial charge in [-0.05, 0) is 42.1 Å². The van der Waals surface area contributed by atoms with Gasteiger partial charge in [0.15, 0.2) is 5.78 Å². The number of carbonyl (C=O) groups is 2. The number of nitrogens with one attached hydrogen (secondary N) is 2. The van der Waals surface area contributed by atoms with Crippen LogP contribution in [0.1, 0.15) is 43.8 Å². The molecule has 0 aliphatic heterocycles. The van der Waals surface area contributed by atoms with Crippen molar-refractivity contribution in [1.82, 2.24) is 15.5 Å². The number of methoxy groups -OCH3 is 1. The second-order valence-electron chi connectivity index (χ2n) is 6.95. The van der Waals surface area contributed by atoms with E-state index in [4.69, 9.17) is 4.74 Å². The Morgan fingerprint density at radius 3 is 2.61 bits per heavy atom. The van der Waals surface area contributed by atoms with Gasteiger partial charge in [-0.3, -0.25) is 14.7 Å². The van der Waals surface area contributed by atoms with Crippen LogP contribution in [0, 0.1) is 0 Å². The summed E-state index contributed by atoms with van der Waals surface area (Å²) in [5.74, 6) is 0.300. The summed E-state index contributed by atoms with van der Waals surface area (Å²) in [6.07, 6.45) is 3.80. The average Bonchev–Trinajstić information content (AvgIpc) is 3.45. The average molecular weight is 432 g/mol. The van der Waals surface area contributed by atoms with Gasteiger partial charge < -0.3 is 10.1 Å². The third kappa shape index (κ3) is 4.41. The van der Waals surface area contributed by atoms with Gasteiger partial charge in [-0.25, -0.2) is 0 Å². The summed E-state index contributed by atoms with van der Waals surface area (Å²) in [5, 5.41) is 13.0. The summed E-state index contributed by atoms with van der Waals surface area (Å²) in [4.78, 5) is 25.3. The van der Waals surface area contributed by atoms with Gasteiger partial charge in [-0.15, -0.1) is 11.3 Å². The van der Waals surface area contributed by atoms with Crippen molar-refractivity contribution in [2.24, 2.45) is 0 Å². The second-order valence-corrected chi connectivity index (χ2v) is 7.98. The van der Waals surface area contributed by atoms with Crippen LogP contribution in [0.3, 0.4) is 0 Å². The molecule has 4 aromatic rings. The van der Waals surface area contributed by atoms with Crippen LogP contribution in [-0.4, -0.2) is 29.0 Å². The van der Waals surface area contributed by atoms with Crippen molar-refractivity contribution in [2.75, 3.05) is 7.11 Å². The zero-order valence-electron chi connectivity index (χ0n) is 17.1. The van der Waals surface area contributed by atoms with E-state index in [-0.39, 0.29) is 11.7 Å². The monoisotopic (exact) mass is 431 g/mol. The van der Waals surface area contributed by atoms with Gasteiger partial charge in [0.25, 0.3) is 5.91 Å². The lowest BCUT2D eigenvalue weighted by Crippen LogP contribution is -2.22. The molecule has 156 valence electrons. The minimum Gasteiger partial charge on any atom is -0.495 e. The summed E-state index contributed by atoms with van der Waals surface area (Å²) < 4.78 is 5.62. The van der Waals surface area contributed by atoms with Crippen LogP contribution in [0.4, 0.5) is 0 Å². The third-order valence-corrected chi connectivity index (χ3v) is 5.79. The Labute approximate surface area is 183 Å². The molecule has 7 heteroatoms. The highest BCUT2D eigenvalue weighted by Gasteiger charge is 2.18. The Morgan fingerprint density at radius 2 is 1.94 bits per heavy atom. The molecule has 0 fully saturated rings. The number of nitrogens with zero attached hydrogens (tertiary/aromatic N) is 1. The first-order valence-corrected chi connectivity index (χ1v) is 10.6. The summed E-state index contributed by atoms with van der Waals surface area (Å²) >= 11 is 1.59. The van der Waals surface area contributed by atoms with Crippen molar-refractivity contribution in [1.29, 1.82) is 0 Å². The van der Waals surface area contributed by atoms with Crippen molar-refractivity contribution < 1.29 is 14.3 Å². The van der Waals surface area contributed by atoms with Gasteiger partial charge in [0, 0.05) is 10.4 Å². The number of carbonyl (C=O) groups excluding carboxylic acids is 2. The number of fused-ring (bicyclic) bond motifs is 1. The van der Waals surface area contributed by atoms with Crippen molar-refractivity contribution in [3.8, 4) is 5.75 Å². The van der Waals surface area contributed by atoms with E-state index in [1.807, 2.05) is 41.8 Å². The Bertz CT molecular complexity index is 1260. The zero-order valence-corrected chi connectivity index (χ0v) is 18.0. The number of H-pyrrole nitrogens is 1. The number of aromatic amines is 1. The van der Waals surface area contributed by atoms with Gasteiger partial charge in [0.1, 0.15) is 5.75 Å². The predicted octanol–water partition coefficient (Wildman–Crippen LogP) is 4.94. The summed E-state index contributed by atoms with van der Waals surface area (Å²) in [7, 11) is 1.55. The van der Waals surface area contributed by atoms with E-state index in [9.17, 15) is 9.59 Å². The Hall–Kier alpha value is -3.71. The van der Waals surface area contributed by atoms with Crippen LogP contribution in [0.5, 0.6) is 5.75 Å². The van der Waals surface area contributed by atoms with Gasteiger partial charge in [0.2, 0.25) is 0 Å². The van der Waals surface area contributed by atoms with E-state index in [1.165, 1.54) is 0 Å². The normalized spacial score (nSPS) is 11.2. The molecule has 0 unspecified atom stereocenters. The van der Waals surface area contributed by atoms with E-state index in [0.29, 0.717) is 28.9 Å². The van der Waals surface area contributed by atoms with Crippen LogP contribution >= 0.6 is 11.3 Å². The molecule has 1 amide bonds. The fraction of sp³-hybridized carbons (Fsp3) is 0.125. The molecule has 31 heavy (non-hydrogen) atoms. The lowest BCUT2D eigenvalue weighted by molar-refractivity contribution is 0.0947. The molecule has 0 aliphatic rings. The topological polar surface area (TPSA) is 84.1 Å². The molecule has 0 bridgehead atoms. The molecule has 0 saturated carbocycles. The fourth-order valence-corrected chi connectivity index (χ4v) is 3.94. The number of aromatic nitrogens is 2. The number of amides is 1. The molecule has 0 saturated heterocycles. The van der Waals surface area contributed by atoms with Crippen LogP contribution < -0.4 is 10.1 Å². The lowest BCUT2D eigenvalue weighted by Gasteiger charge is -2.10. The number of ketones is 1. The fourth-order valence-electron chi connectivity index (χ4n) is 3.30. The molecule has 0 radical (unpaired) electrons. The minimum atomic E-state index is -0.205. The first-order chi connectivity index (χ1) is 15.1. The number of hydrogen-bond acceptors (Lipinski definition) is 5. The maximum Gasteiger partial charge on any atom is 0.255 e. The van der Waals surface area contributed by atoms with Gasteiger partial charge >= 0.3 is 0 Å². The van der Waals surface area contributed by atoms with Crippen LogP contribution in [0.2, 0.25) is 0 Å². The number of hydrogen-bond donors (Lipinski definition) is 2. The third-order valence-electron chi connectivity index (χ3n) is 4.91.